The van der Waals surface area contributed by atoms with Gasteiger partial charge in [-0.15, -0.1) is 0 Å². The number of ether oxygens (including phenoxy) is 1. The first-order valence-corrected chi connectivity index (χ1v) is 5.87. The van der Waals surface area contributed by atoms with E-state index in [9.17, 15) is 18.0 Å². The maximum Gasteiger partial charge on any atom is 0.404 e. The zero-order chi connectivity index (χ0) is 13.8. The molecule has 0 amide bonds. The lowest BCUT2D eigenvalue weighted by Crippen LogP contribution is -2.46. The van der Waals surface area contributed by atoms with Crippen molar-refractivity contribution >= 4 is 5.97 Å². The molecule has 0 bridgehead atoms. The van der Waals surface area contributed by atoms with Crippen LogP contribution in [-0.2, 0) is 9.53 Å². The minimum Gasteiger partial charge on any atom is -0.481 e. The molecule has 0 aromatic carbocycles. The summed E-state index contributed by atoms with van der Waals surface area (Å²) in [5.41, 5.74) is 0. The van der Waals surface area contributed by atoms with Gasteiger partial charge in [0.05, 0.1) is 13.0 Å². The number of halogens is 3. The Hall–Kier alpha value is -0.820. The summed E-state index contributed by atoms with van der Waals surface area (Å²) >= 11 is 0. The molecule has 106 valence electrons. The Morgan fingerprint density at radius 2 is 2.11 bits per heavy atom. The SMILES string of the molecule is CN(CCOCC1CC1)C(CC(=O)O)C(F)(F)F. The number of hydrogen-bond donors (Lipinski definition) is 1. The molecule has 4 nitrogen and oxygen atoms in total. The van der Waals surface area contributed by atoms with Gasteiger partial charge < -0.3 is 9.84 Å². The smallest absolute Gasteiger partial charge is 0.404 e. The number of nitrogens with zero attached hydrogens (tertiary/aromatic N) is 1. The summed E-state index contributed by atoms with van der Waals surface area (Å²) in [6.45, 7) is 0.854. The molecular weight excluding hydrogens is 251 g/mol. The normalized spacial score (nSPS) is 18.1. The topological polar surface area (TPSA) is 49.8 Å². The Kier molecular flexibility index (Phi) is 5.40. The van der Waals surface area contributed by atoms with Gasteiger partial charge in [0.1, 0.15) is 6.04 Å². The van der Waals surface area contributed by atoms with Gasteiger partial charge in [0.2, 0.25) is 0 Å². The summed E-state index contributed by atoms with van der Waals surface area (Å²) in [5, 5.41) is 8.49. The van der Waals surface area contributed by atoms with E-state index in [1.807, 2.05) is 0 Å². The van der Waals surface area contributed by atoms with Crippen LogP contribution in [0.15, 0.2) is 0 Å². The number of aliphatic carboxylic acids is 1. The van der Waals surface area contributed by atoms with E-state index >= 15 is 0 Å². The first-order valence-electron chi connectivity index (χ1n) is 5.87. The zero-order valence-corrected chi connectivity index (χ0v) is 10.2. The van der Waals surface area contributed by atoms with Gasteiger partial charge >= 0.3 is 12.1 Å². The minimum atomic E-state index is -4.54. The fourth-order valence-corrected chi connectivity index (χ4v) is 1.59. The predicted octanol–water partition coefficient (Wildman–Crippen LogP) is 1.75. The molecule has 1 unspecified atom stereocenters. The maximum absolute atomic E-state index is 12.6. The van der Waals surface area contributed by atoms with E-state index in [0.717, 1.165) is 17.7 Å². The average Bonchev–Trinajstić information content (AvgIpc) is 3.02. The molecule has 0 radical (unpaired) electrons. The van der Waals surface area contributed by atoms with Gasteiger partial charge in [0, 0.05) is 13.2 Å². The molecule has 1 N–H and O–H groups in total. The molecule has 0 spiro atoms. The Morgan fingerprint density at radius 1 is 1.50 bits per heavy atom. The van der Waals surface area contributed by atoms with Crippen molar-refractivity contribution in [3.05, 3.63) is 0 Å². The molecule has 0 aliphatic heterocycles. The third-order valence-corrected chi connectivity index (χ3v) is 2.92. The van der Waals surface area contributed by atoms with Crippen LogP contribution in [0.4, 0.5) is 13.2 Å². The van der Waals surface area contributed by atoms with Crippen LogP contribution in [0.2, 0.25) is 0 Å². The highest BCUT2D eigenvalue weighted by Crippen LogP contribution is 2.29. The fourth-order valence-electron chi connectivity index (χ4n) is 1.59. The molecule has 1 rings (SSSR count). The van der Waals surface area contributed by atoms with E-state index in [1.54, 1.807) is 0 Å². The molecule has 1 atom stereocenters. The Bertz CT molecular complexity index is 279. The van der Waals surface area contributed by atoms with Gasteiger partial charge in [0.25, 0.3) is 0 Å². The molecular formula is C11H18F3NO3. The van der Waals surface area contributed by atoms with Crippen LogP contribution in [0.25, 0.3) is 0 Å². The van der Waals surface area contributed by atoms with E-state index in [4.69, 9.17) is 9.84 Å². The van der Waals surface area contributed by atoms with Gasteiger partial charge in [-0.25, -0.2) is 0 Å². The second-order valence-corrected chi connectivity index (χ2v) is 4.65. The number of rotatable bonds is 8. The maximum atomic E-state index is 12.6. The van der Waals surface area contributed by atoms with Crippen LogP contribution in [0.5, 0.6) is 0 Å². The second-order valence-electron chi connectivity index (χ2n) is 4.65. The molecule has 0 heterocycles. The minimum absolute atomic E-state index is 0.0736. The molecule has 0 saturated heterocycles. The Morgan fingerprint density at radius 3 is 2.56 bits per heavy atom. The summed E-state index contributed by atoms with van der Waals surface area (Å²) in [5.74, 6) is -0.893. The van der Waals surface area contributed by atoms with E-state index < -0.39 is 24.6 Å². The molecule has 0 aromatic heterocycles. The largest absolute Gasteiger partial charge is 0.481 e. The average molecular weight is 269 g/mol. The summed E-state index contributed by atoms with van der Waals surface area (Å²) in [4.78, 5) is 11.4. The fraction of sp³-hybridized carbons (Fsp3) is 0.909. The third-order valence-electron chi connectivity index (χ3n) is 2.92. The van der Waals surface area contributed by atoms with Crippen molar-refractivity contribution in [2.24, 2.45) is 5.92 Å². The molecule has 7 heteroatoms. The van der Waals surface area contributed by atoms with Crippen LogP contribution in [0.3, 0.4) is 0 Å². The Balaban J connectivity index is 2.32. The van der Waals surface area contributed by atoms with Crippen molar-refractivity contribution in [3.63, 3.8) is 0 Å². The molecule has 18 heavy (non-hydrogen) atoms. The zero-order valence-electron chi connectivity index (χ0n) is 10.2. The highest BCUT2D eigenvalue weighted by Gasteiger charge is 2.43. The van der Waals surface area contributed by atoms with Gasteiger partial charge in [-0.1, -0.05) is 0 Å². The summed E-state index contributed by atoms with van der Waals surface area (Å²) < 4.78 is 43.1. The van der Waals surface area contributed by atoms with Crippen LogP contribution >= 0.6 is 0 Å². The van der Waals surface area contributed by atoms with E-state index in [1.165, 1.54) is 7.05 Å². The highest BCUT2D eigenvalue weighted by atomic mass is 19.4. The number of likely N-dealkylation sites (N-methyl/N-ethyl adjacent to an activating group) is 1. The van der Waals surface area contributed by atoms with Crippen LogP contribution in [0, 0.1) is 5.92 Å². The standard InChI is InChI=1S/C11H18F3NO3/c1-15(4-5-18-7-8-2-3-8)9(6-10(16)17)11(12,13)14/h8-9H,2-7H2,1H3,(H,16,17). The van der Waals surface area contributed by atoms with Crippen LogP contribution < -0.4 is 0 Å². The van der Waals surface area contributed by atoms with Gasteiger partial charge in [-0.2, -0.15) is 13.2 Å². The van der Waals surface area contributed by atoms with Crippen molar-refractivity contribution in [1.29, 1.82) is 0 Å². The van der Waals surface area contributed by atoms with Crippen molar-refractivity contribution in [3.8, 4) is 0 Å². The van der Waals surface area contributed by atoms with E-state index in [2.05, 4.69) is 0 Å². The lowest BCUT2D eigenvalue weighted by Gasteiger charge is -2.28. The van der Waals surface area contributed by atoms with Crippen molar-refractivity contribution in [2.45, 2.75) is 31.5 Å². The molecule has 0 aromatic rings. The molecule has 1 fully saturated rings. The first kappa shape index (κ1) is 15.2. The van der Waals surface area contributed by atoms with Crippen molar-refractivity contribution in [1.82, 2.24) is 4.90 Å². The number of carbonyl (C=O) groups is 1. The van der Waals surface area contributed by atoms with Crippen molar-refractivity contribution in [2.75, 3.05) is 26.8 Å². The van der Waals surface area contributed by atoms with E-state index in [-0.39, 0.29) is 13.2 Å². The monoisotopic (exact) mass is 269 g/mol. The molecule has 1 aliphatic rings. The molecule has 1 aliphatic carbocycles. The predicted molar refractivity (Wildman–Crippen MR) is 58.3 cm³/mol. The number of alkyl halides is 3. The number of carboxylic acids is 1. The van der Waals surface area contributed by atoms with Gasteiger partial charge in [-0.3, -0.25) is 9.69 Å². The van der Waals surface area contributed by atoms with Crippen LogP contribution in [-0.4, -0.2) is 55.0 Å². The number of carboxylic acid groups (broad SMARTS) is 1. The number of hydrogen-bond acceptors (Lipinski definition) is 3. The van der Waals surface area contributed by atoms with Gasteiger partial charge in [-0.05, 0) is 25.8 Å². The Labute approximate surface area is 104 Å². The van der Waals surface area contributed by atoms with Crippen LogP contribution in [0.1, 0.15) is 19.3 Å². The van der Waals surface area contributed by atoms with Crippen molar-refractivity contribution < 1.29 is 27.8 Å². The van der Waals surface area contributed by atoms with E-state index in [0.29, 0.717) is 12.5 Å². The quantitative estimate of drug-likeness (QED) is 0.682. The lowest BCUT2D eigenvalue weighted by atomic mass is 10.2. The summed E-state index contributed by atoms with van der Waals surface area (Å²) in [6.07, 6.45) is -3.23. The highest BCUT2D eigenvalue weighted by molar-refractivity contribution is 5.67. The lowest BCUT2D eigenvalue weighted by molar-refractivity contribution is -0.188. The second kappa shape index (κ2) is 6.38. The summed E-state index contributed by atoms with van der Waals surface area (Å²) in [6, 6.07) is -1.96. The van der Waals surface area contributed by atoms with Gasteiger partial charge in [0.15, 0.2) is 0 Å². The third kappa shape index (κ3) is 5.68. The summed E-state index contributed by atoms with van der Waals surface area (Å²) in [7, 11) is 1.27. The molecule has 1 saturated carbocycles. The first-order chi connectivity index (χ1) is 8.30.